The van der Waals surface area contributed by atoms with Gasteiger partial charge in [0.1, 0.15) is 0 Å². The Labute approximate surface area is 107 Å². The van der Waals surface area contributed by atoms with Crippen molar-refractivity contribution in [3.05, 3.63) is 52.0 Å². The van der Waals surface area contributed by atoms with Crippen LogP contribution in [0.15, 0.2) is 35.8 Å². The van der Waals surface area contributed by atoms with Crippen LogP contribution in [-0.4, -0.2) is 11.5 Å². The Morgan fingerprint density at radius 3 is 2.88 bits per heavy atom. The van der Waals surface area contributed by atoms with Gasteiger partial charge in [0, 0.05) is 16.8 Å². The number of pyridine rings is 1. The van der Waals surface area contributed by atoms with Gasteiger partial charge in [-0.25, -0.2) is 0 Å². The van der Waals surface area contributed by atoms with Crippen LogP contribution in [0.3, 0.4) is 0 Å². The van der Waals surface area contributed by atoms with Gasteiger partial charge in [-0.15, -0.1) is 11.3 Å². The summed E-state index contributed by atoms with van der Waals surface area (Å²) in [6.07, 6.45) is 2.99. The molecule has 0 fully saturated rings. The van der Waals surface area contributed by atoms with Gasteiger partial charge >= 0.3 is 0 Å². The molecular formula is C14H18N2S. The summed E-state index contributed by atoms with van der Waals surface area (Å²) in [7, 11) is 0. The first kappa shape index (κ1) is 12.3. The van der Waals surface area contributed by atoms with Gasteiger partial charge < -0.3 is 5.32 Å². The number of thiophene rings is 1. The first-order valence-electron chi connectivity index (χ1n) is 6.01. The molecule has 2 nitrogen and oxygen atoms in total. The Morgan fingerprint density at radius 2 is 2.24 bits per heavy atom. The molecule has 2 aromatic heterocycles. The van der Waals surface area contributed by atoms with E-state index < -0.39 is 0 Å². The van der Waals surface area contributed by atoms with Crippen LogP contribution in [0.25, 0.3) is 0 Å². The molecule has 0 bridgehead atoms. The van der Waals surface area contributed by atoms with E-state index in [4.69, 9.17) is 0 Å². The lowest BCUT2D eigenvalue weighted by molar-refractivity contribution is 0.601. The quantitative estimate of drug-likeness (QED) is 0.873. The summed E-state index contributed by atoms with van der Waals surface area (Å²) in [4.78, 5) is 5.74. The number of nitrogens with one attached hydrogen (secondary N) is 1. The molecule has 0 aliphatic carbocycles. The molecule has 90 valence electrons. The first-order chi connectivity index (χ1) is 8.33. The maximum atomic E-state index is 4.38. The molecule has 1 atom stereocenters. The average Bonchev–Trinajstić information content (AvgIpc) is 2.85. The van der Waals surface area contributed by atoms with E-state index in [9.17, 15) is 0 Å². The molecule has 0 radical (unpaired) electrons. The van der Waals surface area contributed by atoms with E-state index in [0.717, 1.165) is 18.7 Å². The van der Waals surface area contributed by atoms with E-state index in [2.05, 4.69) is 47.7 Å². The third-order valence-electron chi connectivity index (χ3n) is 2.78. The molecule has 2 rings (SSSR count). The van der Waals surface area contributed by atoms with Crippen molar-refractivity contribution in [3.8, 4) is 0 Å². The van der Waals surface area contributed by atoms with Gasteiger partial charge in [0.05, 0.1) is 6.04 Å². The summed E-state index contributed by atoms with van der Waals surface area (Å²) in [5.74, 6) is 0. The van der Waals surface area contributed by atoms with Gasteiger partial charge in [0.25, 0.3) is 0 Å². The van der Waals surface area contributed by atoms with Gasteiger partial charge in [0.15, 0.2) is 0 Å². The lowest BCUT2D eigenvalue weighted by atomic mass is 10.0. The van der Waals surface area contributed by atoms with Crippen LogP contribution in [0.2, 0.25) is 0 Å². The van der Waals surface area contributed by atoms with Crippen LogP contribution in [0.5, 0.6) is 0 Å². The van der Waals surface area contributed by atoms with E-state index in [-0.39, 0.29) is 6.04 Å². The maximum absolute atomic E-state index is 4.38. The molecule has 1 N–H and O–H groups in total. The lowest BCUT2D eigenvalue weighted by Gasteiger charge is -2.19. The van der Waals surface area contributed by atoms with Crippen LogP contribution in [0, 0.1) is 6.92 Å². The Bertz CT molecular complexity index is 451. The summed E-state index contributed by atoms with van der Waals surface area (Å²) in [5.41, 5.74) is 2.39. The molecular weight excluding hydrogens is 228 g/mol. The van der Waals surface area contributed by atoms with Crippen molar-refractivity contribution < 1.29 is 0 Å². The molecule has 17 heavy (non-hydrogen) atoms. The van der Waals surface area contributed by atoms with Gasteiger partial charge in [0.2, 0.25) is 0 Å². The second kappa shape index (κ2) is 5.94. The third-order valence-corrected chi connectivity index (χ3v) is 3.72. The molecule has 0 spiro atoms. The van der Waals surface area contributed by atoms with Crippen molar-refractivity contribution in [2.24, 2.45) is 0 Å². The van der Waals surface area contributed by atoms with Gasteiger partial charge in [-0.2, -0.15) is 0 Å². The van der Waals surface area contributed by atoms with E-state index in [1.165, 1.54) is 10.4 Å². The zero-order valence-corrected chi connectivity index (χ0v) is 11.1. The van der Waals surface area contributed by atoms with E-state index >= 15 is 0 Å². The first-order valence-corrected chi connectivity index (χ1v) is 6.89. The zero-order valence-electron chi connectivity index (χ0n) is 10.3. The Balaban J connectivity index is 2.30. The molecule has 0 aliphatic rings. The zero-order chi connectivity index (χ0) is 12.1. The highest BCUT2D eigenvalue weighted by molar-refractivity contribution is 7.10. The Morgan fingerprint density at radius 1 is 1.35 bits per heavy atom. The molecule has 0 amide bonds. The van der Waals surface area contributed by atoms with Crippen molar-refractivity contribution in [2.75, 3.05) is 6.54 Å². The fourth-order valence-electron chi connectivity index (χ4n) is 1.91. The van der Waals surface area contributed by atoms with E-state index in [1.54, 1.807) is 11.3 Å². The highest BCUT2D eigenvalue weighted by atomic mass is 32.1. The monoisotopic (exact) mass is 246 g/mol. The predicted molar refractivity (Wildman–Crippen MR) is 73.4 cm³/mol. The van der Waals surface area contributed by atoms with Crippen LogP contribution < -0.4 is 5.32 Å². The van der Waals surface area contributed by atoms with Crippen LogP contribution in [0.1, 0.15) is 35.5 Å². The highest BCUT2D eigenvalue weighted by Gasteiger charge is 2.16. The molecule has 0 aromatic carbocycles. The molecule has 2 aromatic rings. The number of rotatable bonds is 5. The molecule has 3 heteroatoms. The van der Waals surface area contributed by atoms with E-state index in [1.807, 2.05) is 12.3 Å². The van der Waals surface area contributed by atoms with Crippen LogP contribution in [-0.2, 0) is 0 Å². The summed E-state index contributed by atoms with van der Waals surface area (Å²) < 4.78 is 0. The summed E-state index contributed by atoms with van der Waals surface area (Å²) >= 11 is 1.79. The summed E-state index contributed by atoms with van der Waals surface area (Å²) in [6.45, 7) is 5.29. The summed E-state index contributed by atoms with van der Waals surface area (Å²) in [6, 6.07) is 8.74. The second-order valence-electron chi connectivity index (χ2n) is 4.08. The lowest BCUT2D eigenvalue weighted by Crippen LogP contribution is -2.23. The highest BCUT2D eigenvalue weighted by Crippen LogP contribution is 2.27. The van der Waals surface area contributed by atoms with Gasteiger partial charge in [-0.3, -0.25) is 4.98 Å². The topological polar surface area (TPSA) is 24.9 Å². The molecule has 2 heterocycles. The van der Waals surface area contributed by atoms with Crippen molar-refractivity contribution >= 4 is 11.3 Å². The minimum atomic E-state index is 0.281. The number of hydrogen-bond acceptors (Lipinski definition) is 3. The largest absolute Gasteiger partial charge is 0.306 e. The van der Waals surface area contributed by atoms with Crippen molar-refractivity contribution in [3.63, 3.8) is 0 Å². The number of hydrogen-bond donors (Lipinski definition) is 1. The van der Waals surface area contributed by atoms with Gasteiger partial charge in [-0.05, 0) is 43.0 Å². The summed E-state index contributed by atoms with van der Waals surface area (Å²) in [5, 5.41) is 5.73. The minimum absolute atomic E-state index is 0.281. The molecule has 0 aliphatic heterocycles. The number of aromatic nitrogens is 1. The average molecular weight is 246 g/mol. The third kappa shape index (κ3) is 2.93. The Kier molecular flexibility index (Phi) is 4.29. The van der Waals surface area contributed by atoms with Crippen molar-refractivity contribution in [1.29, 1.82) is 0 Å². The normalized spacial score (nSPS) is 12.6. The smallest absolute Gasteiger partial charge is 0.0688 e. The van der Waals surface area contributed by atoms with Crippen LogP contribution >= 0.6 is 11.3 Å². The van der Waals surface area contributed by atoms with Crippen molar-refractivity contribution in [1.82, 2.24) is 10.3 Å². The molecule has 0 saturated carbocycles. The SMILES string of the molecule is CCCNC(c1cccs1)c1cccnc1C. The van der Waals surface area contributed by atoms with Crippen molar-refractivity contribution in [2.45, 2.75) is 26.3 Å². The van der Waals surface area contributed by atoms with Gasteiger partial charge in [-0.1, -0.05) is 19.1 Å². The standard InChI is InChI=1S/C14H18N2S/c1-3-8-16-14(13-7-5-10-17-13)12-6-4-9-15-11(12)2/h4-7,9-10,14,16H,3,8H2,1-2H3. The number of aryl methyl sites for hydroxylation is 1. The number of nitrogens with zero attached hydrogens (tertiary/aromatic N) is 1. The fourth-order valence-corrected chi connectivity index (χ4v) is 2.73. The molecule has 0 saturated heterocycles. The van der Waals surface area contributed by atoms with Crippen LogP contribution in [0.4, 0.5) is 0 Å². The predicted octanol–water partition coefficient (Wildman–Crippen LogP) is 3.54. The Hall–Kier alpha value is -1.19. The van der Waals surface area contributed by atoms with E-state index in [0.29, 0.717) is 0 Å². The minimum Gasteiger partial charge on any atom is -0.306 e. The fraction of sp³-hybridized carbons (Fsp3) is 0.357. The maximum Gasteiger partial charge on any atom is 0.0688 e. The molecule has 1 unspecified atom stereocenters. The second-order valence-corrected chi connectivity index (χ2v) is 5.06.